The molecule has 0 amide bonds. The predicted molar refractivity (Wildman–Crippen MR) is 122 cm³/mol. The van der Waals surface area contributed by atoms with Crippen molar-refractivity contribution in [3.05, 3.63) is 98.7 Å². The third-order valence-corrected chi connectivity index (χ3v) is 7.02. The molecule has 4 aromatic rings. The molecule has 0 bridgehead atoms. The number of hydrogen-bond acceptors (Lipinski definition) is 4. The Bertz CT molecular complexity index is 1250. The molecule has 3 aromatic carbocycles. The molecule has 5 heteroatoms. The van der Waals surface area contributed by atoms with Crippen LogP contribution in [0.25, 0.3) is 10.8 Å². The van der Waals surface area contributed by atoms with Gasteiger partial charge in [-0.05, 0) is 52.0 Å². The molecular formula is C24H17BrN2OS. The highest BCUT2D eigenvalue weighted by Crippen LogP contribution is 2.48. The van der Waals surface area contributed by atoms with Crippen molar-refractivity contribution in [2.45, 2.75) is 18.7 Å². The zero-order valence-corrected chi connectivity index (χ0v) is 17.9. The van der Waals surface area contributed by atoms with Crippen LogP contribution in [0.3, 0.4) is 0 Å². The molecule has 0 saturated carbocycles. The summed E-state index contributed by atoms with van der Waals surface area (Å²) in [4.78, 5) is 1.17. The molecule has 6 rings (SSSR count). The summed E-state index contributed by atoms with van der Waals surface area (Å²) in [5, 5.41) is 11.8. The first-order valence-electron chi connectivity index (χ1n) is 9.61. The Morgan fingerprint density at radius 3 is 2.72 bits per heavy atom. The van der Waals surface area contributed by atoms with Crippen molar-refractivity contribution >= 4 is 43.8 Å². The maximum absolute atomic E-state index is 6.41. The smallest absolute Gasteiger partial charge is 0.222 e. The lowest BCUT2D eigenvalue weighted by molar-refractivity contribution is -0.0166. The van der Waals surface area contributed by atoms with Crippen LogP contribution >= 0.6 is 27.3 Å². The molecule has 3 nitrogen and oxygen atoms in total. The summed E-state index contributed by atoms with van der Waals surface area (Å²) in [5.74, 6) is 0.947. The monoisotopic (exact) mass is 460 g/mol. The van der Waals surface area contributed by atoms with E-state index in [-0.39, 0.29) is 12.3 Å². The summed E-state index contributed by atoms with van der Waals surface area (Å²) in [6.45, 7) is 0. The molecule has 142 valence electrons. The molecule has 1 aromatic heterocycles. The van der Waals surface area contributed by atoms with Gasteiger partial charge in [0, 0.05) is 16.5 Å². The lowest BCUT2D eigenvalue weighted by atomic mass is 9.95. The fraction of sp³-hybridized carbons (Fsp3) is 0.125. The summed E-state index contributed by atoms with van der Waals surface area (Å²) < 4.78 is 7.47. The number of hydrazone groups is 1. The minimum absolute atomic E-state index is 0.171. The number of hydrogen-bond donors (Lipinski definition) is 0. The number of halogens is 1. The molecule has 0 spiro atoms. The fourth-order valence-electron chi connectivity index (χ4n) is 4.22. The van der Waals surface area contributed by atoms with Crippen molar-refractivity contribution in [3.63, 3.8) is 0 Å². The average molecular weight is 461 g/mol. The Hall–Kier alpha value is -2.63. The van der Waals surface area contributed by atoms with Crippen molar-refractivity contribution in [1.29, 1.82) is 0 Å². The van der Waals surface area contributed by atoms with Crippen molar-refractivity contribution < 1.29 is 4.74 Å². The van der Waals surface area contributed by atoms with E-state index in [1.807, 2.05) is 6.07 Å². The van der Waals surface area contributed by atoms with Gasteiger partial charge in [0.2, 0.25) is 6.23 Å². The first-order chi connectivity index (χ1) is 14.3. The quantitative estimate of drug-likeness (QED) is 0.324. The Labute approximate surface area is 181 Å². The maximum atomic E-state index is 6.41. The Morgan fingerprint density at radius 2 is 1.86 bits per heavy atom. The maximum Gasteiger partial charge on any atom is 0.222 e. The van der Waals surface area contributed by atoms with Crippen LogP contribution in [-0.2, 0) is 0 Å². The zero-order valence-electron chi connectivity index (χ0n) is 15.5. The Morgan fingerprint density at radius 1 is 0.966 bits per heavy atom. The van der Waals surface area contributed by atoms with E-state index in [9.17, 15) is 0 Å². The van der Waals surface area contributed by atoms with Crippen molar-refractivity contribution in [2.24, 2.45) is 5.10 Å². The van der Waals surface area contributed by atoms with E-state index in [1.54, 1.807) is 11.3 Å². The van der Waals surface area contributed by atoms with E-state index >= 15 is 0 Å². The van der Waals surface area contributed by atoms with Gasteiger partial charge in [0.15, 0.2) is 0 Å². The third-order valence-electron chi connectivity index (χ3n) is 5.62. The second kappa shape index (κ2) is 6.71. The number of nitrogens with zero attached hydrogens (tertiary/aromatic N) is 2. The highest BCUT2D eigenvalue weighted by Gasteiger charge is 2.41. The molecule has 0 aliphatic carbocycles. The predicted octanol–water partition coefficient (Wildman–Crippen LogP) is 6.91. The van der Waals surface area contributed by atoms with Crippen molar-refractivity contribution in [1.82, 2.24) is 5.01 Å². The van der Waals surface area contributed by atoms with Crippen molar-refractivity contribution in [2.75, 3.05) is 0 Å². The largest absolute Gasteiger partial charge is 0.464 e. The van der Waals surface area contributed by atoms with Gasteiger partial charge in [-0.25, -0.2) is 5.01 Å². The van der Waals surface area contributed by atoms with Crippen LogP contribution in [-0.4, -0.2) is 10.7 Å². The van der Waals surface area contributed by atoms with Gasteiger partial charge in [0.25, 0.3) is 0 Å². The van der Waals surface area contributed by atoms with E-state index in [1.165, 1.54) is 26.8 Å². The minimum Gasteiger partial charge on any atom is -0.464 e. The third kappa shape index (κ3) is 2.88. The molecule has 2 aliphatic rings. The molecular weight excluding hydrogens is 444 g/mol. The second-order valence-electron chi connectivity index (χ2n) is 7.38. The SMILES string of the molecule is Brc1ccc2c(c1)[C@@H]1CC(c3ccc4ccccc4c3)=NN1[C@@H](c1cccs1)O2. The number of ether oxygens (including phenoxy) is 1. The van der Waals surface area contributed by atoms with E-state index in [0.717, 1.165) is 22.4 Å². The first kappa shape index (κ1) is 17.2. The topological polar surface area (TPSA) is 24.8 Å². The molecule has 2 aliphatic heterocycles. The van der Waals surface area contributed by atoms with E-state index in [2.05, 4.69) is 93.0 Å². The number of benzene rings is 3. The van der Waals surface area contributed by atoms with Gasteiger partial charge in [-0.2, -0.15) is 5.10 Å². The molecule has 0 saturated heterocycles. The van der Waals surface area contributed by atoms with Gasteiger partial charge in [0.1, 0.15) is 5.75 Å². The summed E-state index contributed by atoms with van der Waals surface area (Å²) in [7, 11) is 0. The van der Waals surface area contributed by atoms with Gasteiger partial charge in [-0.15, -0.1) is 11.3 Å². The van der Waals surface area contributed by atoms with Crippen LogP contribution in [0.5, 0.6) is 5.75 Å². The summed E-state index contributed by atoms with van der Waals surface area (Å²) in [6, 6.07) is 25.7. The molecule has 2 atom stereocenters. The van der Waals surface area contributed by atoms with Crippen molar-refractivity contribution in [3.8, 4) is 5.75 Å². The van der Waals surface area contributed by atoms with Crippen LogP contribution < -0.4 is 4.74 Å². The van der Waals surface area contributed by atoms with Gasteiger partial charge in [-0.1, -0.05) is 58.4 Å². The minimum atomic E-state index is -0.188. The van der Waals surface area contributed by atoms with Gasteiger partial charge < -0.3 is 4.74 Å². The number of fused-ring (bicyclic) bond motifs is 4. The fourth-order valence-corrected chi connectivity index (χ4v) is 5.34. The summed E-state index contributed by atoms with van der Waals surface area (Å²) in [5.41, 5.74) is 3.48. The van der Waals surface area contributed by atoms with Crippen LogP contribution in [0.1, 0.15) is 34.7 Å². The van der Waals surface area contributed by atoms with Gasteiger partial charge >= 0.3 is 0 Å². The summed E-state index contributed by atoms with van der Waals surface area (Å²) in [6.07, 6.45) is 0.680. The molecule has 0 radical (unpaired) electrons. The zero-order chi connectivity index (χ0) is 19.4. The standard InChI is InChI=1S/C24H17BrN2OS/c25-18-9-10-22-19(13-18)21-14-20(17-8-7-15-4-1-2-5-16(15)12-17)26-27(21)24(28-22)23-6-3-11-29-23/h1-13,21,24H,14H2/t21-,24+/m0/s1. The normalized spacial score (nSPS) is 20.2. The van der Waals surface area contributed by atoms with E-state index < -0.39 is 0 Å². The molecule has 29 heavy (non-hydrogen) atoms. The van der Waals surface area contributed by atoms with Crippen LogP contribution in [0.2, 0.25) is 0 Å². The van der Waals surface area contributed by atoms with Crippen LogP contribution in [0.15, 0.2) is 87.8 Å². The van der Waals surface area contributed by atoms with Gasteiger partial charge in [0.05, 0.1) is 16.6 Å². The average Bonchev–Trinajstić information content (AvgIpc) is 3.43. The number of rotatable bonds is 2. The Kier molecular flexibility index (Phi) is 3.99. The van der Waals surface area contributed by atoms with E-state index in [4.69, 9.17) is 9.84 Å². The van der Waals surface area contributed by atoms with Crippen LogP contribution in [0, 0.1) is 0 Å². The van der Waals surface area contributed by atoms with Gasteiger partial charge in [-0.3, -0.25) is 0 Å². The van der Waals surface area contributed by atoms with E-state index in [0.29, 0.717) is 0 Å². The lowest BCUT2D eigenvalue weighted by Gasteiger charge is -2.37. The second-order valence-corrected chi connectivity index (χ2v) is 9.27. The first-order valence-corrected chi connectivity index (χ1v) is 11.3. The molecule has 0 N–H and O–H groups in total. The van der Waals surface area contributed by atoms with Crippen LogP contribution in [0.4, 0.5) is 0 Å². The lowest BCUT2D eigenvalue weighted by Crippen LogP contribution is -2.33. The molecule has 0 fully saturated rings. The highest BCUT2D eigenvalue weighted by atomic mass is 79.9. The number of thiophene rings is 1. The highest BCUT2D eigenvalue weighted by molar-refractivity contribution is 9.10. The Balaban J connectivity index is 1.46. The molecule has 0 unspecified atom stereocenters. The molecule has 3 heterocycles. The summed E-state index contributed by atoms with van der Waals surface area (Å²) >= 11 is 5.33.